The maximum Gasteiger partial charge on any atom is 0.323 e. The zero-order valence-corrected chi connectivity index (χ0v) is 8.98. The molecule has 1 aliphatic rings. The van der Waals surface area contributed by atoms with E-state index >= 15 is 0 Å². The van der Waals surface area contributed by atoms with Gasteiger partial charge in [0.15, 0.2) is 0 Å². The third-order valence-corrected chi connectivity index (χ3v) is 2.72. The van der Waals surface area contributed by atoms with Crippen molar-refractivity contribution in [1.29, 1.82) is 0 Å². The minimum absolute atomic E-state index is 0.0930. The average Bonchev–Trinajstić information content (AvgIpc) is 2.22. The molecule has 1 heterocycles. The molecule has 0 fully saturated rings. The third-order valence-electron chi connectivity index (χ3n) is 2.72. The number of rotatable bonds is 2. The van der Waals surface area contributed by atoms with Gasteiger partial charge in [-0.2, -0.15) is 0 Å². The van der Waals surface area contributed by atoms with Crippen LogP contribution in [0.3, 0.4) is 0 Å². The highest BCUT2D eigenvalue weighted by Crippen LogP contribution is 2.34. The molecule has 0 aliphatic carbocycles. The highest BCUT2D eigenvalue weighted by Gasteiger charge is 2.24. The van der Waals surface area contributed by atoms with Gasteiger partial charge in [0.1, 0.15) is 12.4 Å². The maximum atomic E-state index is 13.6. The lowest BCUT2D eigenvalue weighted by atomic mass is 10.1. The second kappa shape index (κ2) is 4.00. The van der Waals surface area contributed by atoms with Gasteiger partial charge in [-0.1, -0.05) is 6.07 Å². The molecular weight excluding hydrogens is 211 g/mol. The van der Waals surface area contributed by atoms with Crippen LogP contribution in [0.1, 0.15) is 0 Å². The molecule has 5 heteroatoms. The Balaban J connectivity index is 2.40. The highest BCUT2D eigenvalue weighted by molar-refractivity contribution is 5.80. The van der Waals surface area contributed by atoms with Crippen molar-refractivity contribution in [2.24, 2.45) is 0 Å². The average molecular weight is 224 g/mol. The van der Waals surface area contributed by atoms with Crippen LogP contribution in [-0.4, -0.2) is 37.8 Å². The fourth-order valence-electron chi connectivity index (χ4n) is 1.97. The van der Waals surface area contributed by atoms with Crippen molar-refractivity contribution in [3.05, 3.63) is 24.0 Å². The first-order valence-electron chi connectivity index (χ1n) is 5.06. The van der Waals surface area contributed by atoms with E-state index in [0.717, 1.165) is 0 Å². The minimum atomic E-state index is -0.903. The zero-order valence-electron chi connectivity index (χ0n) is 8.98. The number of anilines is 2. The van der Waals surface area contributed by atoms with Crippen molar-refractivity contribution in [2.45, 2.75) is 0 Å². The van der Waals surface area contributed by atoms with Crippen molar-refractivity contribution < 1.29 is 14.3 Å². The molecule has 0 bridgehead atoms. The highest BCUT2D eigenvalue weighted by atomic mass is 19.1. The number of para-hydroxylation sites is 1. The normalized spacial score (nSPS) is 14.9. The molecule has 0 saturated carbocycles. The quantitative estimate of drug-likeness (QED) is 0.818. The summed E-state index contributed by atoms with van der Waals surface area (Å²) in [7, 11) is 1.81. The third kappa shape index (κ3) is 1.80. The van der Waals surface area contributed by atoms with Gasteiger partial charge < -0.3 is 14.9 Å². The Labute approximate surface area is 92.9 Å². The number of aliphatic carboxylic acids is 1. The molecule has 0 atom stereocenters. The van der Waals surface area contributed by atoms with Gasteiger partial charge >= 0.3 is 5.97 Å². The predicted octanol–water partition coefficient (Wildman–Crippen LogP) is 1.17. The Kier molecular flexibility index (Phi) is 2.68. The minimum Gasteiger partial charge on any atom is -0.480 e. The molecule has 0 saturated heterocycles. The second-order valence-corrected chi connectivity index (χ2v) is 3.84. The van der Waals surface area contributed by atoms with Gasteiger partial charge in [-0.3, -0.25) is 4.79 Å². The number of carbonyl (C=O) groups is 1. The van der Waals surface area contributed by atoms with Gasteiger partial charge in [-0.25, -0.2) is 4.39 Å². The number of hydrogen-bond acceptors (Lipinski definition) is 3. The number of carboxylic acids is 1. The summed E-state index contributed by atoms with van der Waals surface area (Å²) in [6.45, 7) is 1.13. The molecule has 0 amide bonds. The molecule has 0 radical (unpaired) electrons. The molecule has 0 aromatic heterocycles. The largest absolute Gasteiger partial charge is 0.480 e. The van der Waals surface area contributed by atoms with Gasteiger partial charge in [0, 0.05) is 20.1 Å². The number of carboxylic acid groups (broad SMARTS) is 1. The van der Waals surface area contributed by atoms with Crippen LogP contribution >= 0.6 is 0 Å². The van der Waals surface area contributed by atoms with Gasteiger partial charge in [-0.05, 0) is 12.1 Å². The lowest BCUT2D eigenvalue weighted by Crippen LogP contribution is -2.42. The Hall–Kier alpha value is -1.78. The van der Waals surface area contributed by atoms with Gasteiger partial charge in [0.25, 0.3) is 0 Å². The molecule has 0 unspecified atom stereocenters. The van der Waals surface area contributed by atoms with Crippen molar-refractivity contribution in [2.75, 3.05) is 36.5 Å². The molecule has 1 aromatic rings. The standard InChI is InChI=1S/C11H13FN2O2/c1-13-5-6-14(7-10(15)16)9-4-2-3-8(12)11(9)13/h2-4H,5-7H2,1H3,(H,15,16). The summed E-state index contributed by atoms with van der Waals surface area (Å²) >= 11 is 0. The van der Waals surface area contributed by atoms with Crippen LogP contribution in [0.25, 0.3) is 0 Å². The first kappa shape index (κ1) is 10.7. The van der Waals surface area contributed by atoms with E-state index in [2.05, 4.69) is 0 Å². The second-order valence-electron chi connectivity index (χ2n) is 3.84. The molecule has 1 aromatic carbocycles. The van der Waals surface area contributed by atoms with Crippen LogP contribution in [0, 0.1) is 5.82 Å². The van der Waals surface area contributed by atoms with Gasteiger partial charge in [0.2, 0.25) is 0 Å². The Morgan fingerprint density at radius 1 is 1.50 bits per heavy atom. The lowest BCUT2D eigenvalue weighted by Gasteiger charge is -2.36. The molecule has 4 nitrogen and oxygen atoms in total. The molecule has 1 aliphatic heterocycles. The van der Waals surface area contributed by atoms with E-state index < -0.39 is 5.97 Å². The summed E-state index contributed by atoms with van der Waals surface area (Å²) in [4.78, 5) is 14.2. The summed E-state index contributed by atoms with van der Waals surface area (Å²) in [5.74, 6) is -1.21. The Morgan fingerprint density at radius 3 is 2.94 bits per heavy atom. The lowest BCUT2D eigenvalue weighted by molar-refractivity contribution is -0.135. The van der Waals surface area contributed by atoms with E-state index in [9.17, 15) is 9.18 Å². The van der Waals surface area contributed by atoms with E-state index in [1.165, 1.54) is 6.07 Å². The smallest absolute Gasteiger partial charge is 0.323 e. The molecule has 1 N–H and O–H groups in total. The summed E-state index contributed by atoms with van der Waals surface area (Å²) in [5.41, 5.74) is 1.13. The molecule has 86 valence electrons. The topological polar surface area (TPSA) is 43.8 Å². The summed E-state index contributed by atoms with van der Waals surface area (Å²) in [6, 6.07) is 4.73. The van der Waals surface area contributed by atoms with E-state index in [1.54, 1.807) is 24.1 Å². The summed E-state index contributed by atoms with van der Waals surface area (Å²) < 4.78 is 13.6. The van der Waals surface area contributed by atoms with E-state index in [4.69, 9.17) is 5.11 Å². The number of likely N-dealkylation sites (N-methyl/N-ethyl adjacent to an activating group) is 1. The van der Waals surface area contributed by atoms with Crippen LogP contribution in [0.15, 0.2) is 18.2 Å². The number of nitrogens with zero attached hydrogens (tertiary/aromatic N) is 2. The number of fused-ring (bicyclic) bond motifs is 1. The number of halogens is 1. The fraction of sp³-hybridized carbons (Fsp3) is 0.364. The van der Waals surface area contributed by atoms with Crippen molar-refractivity contribution in [1.82, 2.24) is 0 Å². The monoisotopic (exact) mass is 224 g/mol. The van der Waals surface area contributed by atoms with Gasteiger partial charge in [-0.15, -0.1) is 0 Å². The van der Waals surface area contributed by atoms with E-state index in [-0.39, 0.29) is 12.4 Å². The molecule has 16 heavy (non-hydrogen) atoms. The van der Waals surface area contributed by atoms with Crippen LogP contribution in [0.5, 0.6) is 0 Å². The Morgan fingerprint density at radius 2 is 2.25 bits per heavy atom. The van der Waals surface area contributed by atoms with Crippen LogP contribution in [-0.2, 0) is 4.79 Å². The predicted molar refractivity (Wildman–Crippen MR) is 59.5 cm³/mol. The SMILES string of the molecule is CN1CCN(CC(=O)O)c2cccc(F)c21. The number of hydrogen-bond donors (Lipinski definition) is 1. The molecule has 2 rings (SSSR count). The molecular formula is C11H13FN2O2. The zero-order chi connectivity index (χ0) is 11.7. The van der Waals surface area contributed by atoms with E-state index in [1.807, 2.05) is 4.90 Å². The number of benzene rings is 1. The van der Waals surface area contributed by atoms with E-state index in [0.29, 0.717) is 24.5 Å². The molecule has 0 spiro atoms. The van der Waals surface area contributed by atoms with Crippen LogP contribution < -0.4 is 9.80 Å². The van der Waals surface area contributed by atoms with Crippen LogP contribution in [0.4, 0.5) is 15.8 Å². The fourth-order valence-corrected chi connectivity index (χ4v) is 1.97. The van der Waals surface area contributed by atoms with Crippen LogP contribution in [0.2, 0.25) is 0 Å². The first-order valence-corrected chi connectivity index (χ1v) is 5.06. The van der Waals surface area contributed by atoms with Crippen molar-refractivity contribution in [3.63, 3.8) is 0 Å². The Bertz CT molecular complexity index is 422. The first-order chi connectivity index (χ1) is 7.59. The van der Waals surface area contributed by atoms with Gasteiger partial charge in [0.05, 0.1) is 11.4 Å². The van der Waals surface area contributed by atoms with Crippen molar-refractivity contribution >= 4 is 17.3 Å². The summed E-state index contributed by atoms with van der Waals surface area (Å²) in [5, 5.41) is 8.78. The summed E-state index contributed by atoms with van der Waals surface area (Å²) in [6.07, 6.45) is 0. The maximum absolute atomic E-state index is 13.6. The van der Waals surface area contributed by atoms with Crippen molar-refractivity contribution in [3.8, 4) is 0 Å².